The molecule has 0 amide bonds. The summed E-state index contributed by atoms with van der Waals surface area (Å²) < 4.78 is 68.3. The van der Waals surface area contributed by atoms with E-state index < -0.39 is 97.5 Å². The lowest BCUT2D eigenvalue weighted by Gasteiger charge is -2.21. The number of aliphatic hydroxyl groups excluding tert-OH is 1. The van der Waals surface area contributed by atoms with Gasteiger partial charge in [0.2, 0.25) is 0 Å². The maximum absolute atomic E-state index is 13.0. The molecule has 19 heteroatoms. The van der Waals surface area contributed by atoms with Gasteiger partial charge in [-0.1, -0.05) is 273 Å². The third kappa shape index (κ3) is 66.8. The molecule has 0 aliphatic rings. The molecule has 0 radical (unpaired) electrons. The zero-order valence-electron chi connectivity index (χ0n) is 59.1. The van der Waals surface area contributed by atoms with Gasteiger partial charge in [0.05, 0.1) is 26.4 Å². The number of rotatable bonds is 69. The van der Waals surface area contributed by atoms with Crippen molar-refractivity contribution < 1.29 is 80.2 Å². The number of allylic oxidation sites excluding steroid dienone is 14. The molecule has 94 heavy (non-hydrogen) atoms. The highest BCUT2D eigenvalue weighted by molar-refractivity contribution is 7.47. The highest BCUT2D eigenvalue weighted by Gasteiger charge is 2.30. The first kappa shape index (κ1) is 90.2. The van der Waals surface area contributed by atoms with Gasteiger partial charge in [-0.15, -0.1) is 0 Å². The van der Waals surface area contributed by atoms with Gasteiger partial charge in [0.25, 0.3) is 0 Å². The van der Waals surface area contributed by atoms with Crippen LogP contribution in [0.1, 0.15) is 310 Å². The zero-order valence-corrected chi connectivity index (χ0v) is 60.9. The van der Waals surface area contributed by atoms with Crippen LogP contribution in [0.3, 0.4) is 0 Å². The number of carbonyl (C=O) groups is 4. The zero-order chi connectivity index (χ0) is 69.0. The van der Waals surface area contributed by atoms with E-state index in [9.17, 15) is 43.2 Å². The molecule has 0 aliphatic heterocycles. The Morgan fingerprint density at radius 2 is 0.553 bits per heavy atom. The summed E-state index contributed by atoms with van der Waals surface area (Å²) in [6.45, 7) is 4.59. The molecular weight excluding hydrogens is 1230 g/mol. The third-order valence-electron chi connectivity index (χ3n) is 15.4. The standard InChI is InChI=1S/C75H132O17P2/c1-5-9-13-17-21-25-29-32-34-37-40-43-47-51-55-59-72(77)85-65-70(91-74(79)61-57-53-49-45-39-28-24-20-16-12-8-4)67-89-93(81,82)87-63-69(76)64-88-94(83,84)90-68-71(92-75(80)62-58-54-50-46-42-36-31-27-23-19-15-11-7-3)66-86-73(78)60-56-52-48-44-41-38-35-33-30-26-22-18-14-10-6-2/h9-10,13-14,21-22,25-26,32-35,41,44,69-71,76H,5-8,11-12,15-20,23-24,27-31,36-40,42-43,45-68H2,1-4H3,(H,81,82)(H,83,84)/b13-9-,14-10-,25-21-,26-22-,34-32-,35-33-,44-41-. The molecule has 0 bridgehead atoms. The number of hydrogen-bond donors (Lipinski definition) is 3. The smallest absolute Gasteiger partial charge is 0.462 e. The van der Waals surface area contributed by atoms with Gasteiger partial charge >= 0.3 is 39.5 Å². The van der Waals surface area contributed by atoms with Gasteiger partial charge in [-0.3, -0.25) is 37.3 Å². The van der Waals surface area contributed by atoms with Crippen molar-refractivity contribution >= 4 is 39.5 Å². The molecule has 0 aromatic heterocycles. The summed E-state index contributed by atoms with van der Waals surface area (Å²) in [6, 6.07) is 0. The Hall–Kier alpha value is -3.76. The van der Waals surface area contributed by atoms with Crippen LogP contribution >= 0.6 is 15.6 Å². The van der Waals surface area contributed by atoms with Gasteiger partial charge < -0.3 is 33.8 Å². The van der Waals surface area contributed by atoms with Gasteiger partial charge in [-0.05, 0) is 96.3 Å². The lowest BCUT2D eigenvalue weighted by Crippen LogP contribution is -2.30. The van der Waals surface area contributed by atoms with E-state index >= 15 is 0 Å². The number of phosphoric ester groups is 2. The van der Waals surface area contributed by atoms with Crippen molar-refractivity contribution in [3.63, 3.8) is 0 Å². The average molecular weight is 1370 g/mol. The highest BCUT2D eigenvalue weighted by Crippen LogP contribution is 2.45. The fraction of sp³-hybridized carbons (Fsp3) is 0.760. The maximum atomic E-state index is 13.0. The largest absolute Gasteiger partial charge is 0.472 e. The SMILES string of the molecule is CC/C=C\C/C=C\C/C=C\C/C=C\CCCCC(=O)OCC(COP(=O)(O)OCC(O)COP(=O)(O)OCC(COC(=O)CCCCCCC/C=C\C/C=C\C/C=C\CC)OC(=O)CCCCCCCCCCCCC)OC(=O)CCCCCCCCCCCCCCC. The Morgan fingerprint density at radius 1 is 0.309 bits per heavy atom. The average Bonchev–Trinajstić information content (AvgIpc) is 1.55. The van der Waals surface area contributed by atoms with Crippen LogP contribution in [0, 0.1) is 0 Å². The van der Waals surface area contributed by atoms with Crippen LogP contribution < -0.4 is 0 Å². The second-order valence-electron chi connectivity index (χ2n) is 24.5. The summed E-state index contributed by atoms with van der Waals surface area (Å²) in [4.78, 5) is 72.7. The van der Waals surface area contributed by atoms with E-state index in [0.717, 1.165) is 141 Å². The van der Waals surface area contributed by atoms with E-state index in [1.807, 2.05) is 0 Å². The van der Waals surface area contributed by atoms with Gasteiger partial charge in [0.1, 0.15) is 19.3 Å². The van der Waals surface area contributed by atoms with Crippen molar-refractivity contribution in [3.8, 4) is 0 Å². The fourth-order valence-corrected chi connectivity index (χ4v) is 11.4. The number of phosphoric acid groups is 2. The van der Waals surface area contributed by atoms with Crippen LogP contribution in [0.15, 0.2) is 85.1 Å². The summed E-state index contributed by atoms with van der Waals surface area (Å²) in [5, 5.41) is 10.6. The van der Waals surface area contributed by atoms with Crippen LogP contribution in [0.25, 0.3) is 0 Å². The van der Waals surface area contributed by atoms with Crippen LogP contribution in [0.2, 0.25) is 0 Å². The van der Waals surface area contributed by atoms with Gasteiger partial charge in [-0.2, -0.15) is 0 Å². The monoisotopic (exact) mass is 1370 g/mol. The third-order valence-corrected chi connectivity index (χ3v) is 17.3. The van der Waals surface area contributed by atoms with Crippen LogP contribution in [0.5, 0.6) is 0 Å². The molecule has 544 valence electrons. The van der Waals surface area contributed by atoms with Crippen molar-refractivity contribution in [2.75, 3.05) is 39.6 Å². The second-order valence-corrected chi connectivity index (χ2v) is 27.4. The molecule has 0 aromatic carbocycles. The van der Waals surface area contributed by atoms with Crippen LogP contribution in [0.4, 0.5) is 0 Å². The van der Waals surface area contributed by atoms with Crippen molar-refractivity contribution in [2.45, 2.75) is 329 Å². The minimum Gasteiger partial charge on any atom is -0.462 e. The molecule has 0 rings (SSSR count). The van der Waals surface area contributed by atoms with Crippen LogP contribution in [-0.2, 0) is 65.4 Å². The number of aliphatic hydroxyl groups is 1. The molecule has 17 nitrogen and oxygen atoms in total. The van der Waals surface area contributed by atoms with Gasteiger partial charge in [0, 0.05) is 25.7 Å². The topological polar surface area (TPSA) is 237 Å². The summed E-state index contributed by atoms with van der Waals surface area (Å²) >= 11 is 0. The molecule has 0 aliphatic carbocycles. The Balaban J connectivity index is 5.34. The van der Waals surface area contributed by atoms with E-state index in [2.05, 4.69) is 113 Å². The molecule has 0 heterocycles. The first-order chi connectivity index (χ1) is 45.7. The summed E-state index contributed by atoms with van der Waals surface area (Å²) in [5.41, 5.74) is 0. The minimum atomic E-state index is -4.97. The second kappa shape index (κ2) is 67.8. The van der Waals surface area contributed by atoms with Crippen molar-refractivity contribution in [3.05, 3.63) is 85.1 Å². The Kier molecular flexibility index (Phi) is 65.1. The molecule has 0 spiro atoms. The summed E-state index contributed by atoms with van der Waals surface area (Å²) in [7, 11) is -9.94. The van der Waals surface area contributed by atoms with Gasteiger partial charge in [0.15, 0.2) is 12.2 Å². The number of carbonyl (C=O) groups excluding carboxylic acids is 4. The lowest BCUT2D eigenvalue weighted by molar-refractivity contribution is -0.161. The van der Waals surface area contributed by atoms with E-state index in [4.69, 9.17) is 37.0 Å². The minimum absolute atomic E-state index is 0.0897. The molecule has 5 unspecified atom stereocenters. The van der Waals surface area contributed by atoms with Crippen molar-refractivity contribution in [1.82, 2.24) is 0 Å². The summed E-state index contributed by atoms with van der Waals surface area (Å²) in [6.07, 6.45) is 67.3. The Morgan fingerprint density at radius 3 is 0.872 bits per heavy atom. The first-order valence-electron chi connectivity index (χ1n) is 36.8. The predicted molar refractivity (Wildman–Crippen MR) is 381 cm³/mol. The predicted octanol–water partition coefficient (Wildman–Crippen LogP) is 20.7. The molecule has 0 saturated carbocycles. The summed E-state index contributed by atoms with van der Waals surface area (Å²) in [5.74, 6) is -2.22. The number of hydrogen-bond acceptors (Lipinski definition) is 15. The van der Waals surface area contributed by atoms with Gasteiger partial charge in [-0.25, -0.2) is 9.13 Å². The van der Waals surface area contributed by atoms with Crippen molar-refractivity contribution in [2.24, 2.45) is 0 Å². The van der Waals surface area contributed by atoms with Crippen LogP contribution in [-0.4, -0.2) is 96.7 Å². The normalized spacial score (nSPS) is 14.5. The Bertz CT molecular complexity index is 2120. The molecule has 0 fully saturated rings. The Labute approximate surface area is 570 Å². The van der Waals surface area contributed by atoms with E-state index in [-0.39, 0.29) is 25.7 Å². The molecule has 3 N–H and O–H groups in total. The number of esters is 4. The fourth-order valence-electron chi connectivity index (χ4n) is 9.81. The lowest BCUT2D eigenvalue weighted by atomic mass is 10.0. The number of ether oxygens (including phenoxy) is 4. The quantitative estimate of drug-likeness (QED) is 0.0169. The van der Waals surface area contributed by atoms with E-state index in [0.29, 0.717) is 25.7 Å². The van der Waals surface area contributed by atoms with E-state index in [1.165, 1.54) is 89.9 Å². The molecule has 0 saturated heterocycles. The highest BCUT2D eigenvalue weighted by atomic mass is 31.2. The molecule has 0 aromatic rings. The first-order valence-corrected chi connectivity index (χ1v) is 39.8. The number of unbranched alkanes of at least 4 members (excludes halogenated alkanes) is 29. The molecular formula is C75H132O17P2. The molecule has 5 atom stereocenters. The van der Waals surface area contributed by atoms with E-state index in [1.54, 1.807) is 0 Å². The van der Waals surface area contributed by atoms with Crippen molar-refractivity contribution in [1.29, 1.82) is 0 Å². The maximum Gasteiger partial charge on any atom is 0.472 e.